The second-order valence-corrected chi connectivity index (χ2v) is 9.06. The number of thioether (sulfide) groups is 2. The van der Waals surface area contributed by atoms with Crippen molar-refractivity contribution < 1.29 is 4.79 Å². The van der Waals surface area contributed by atoms with E-state index in [-0.39, 0.29) is 5.91 Å². The van der Waals surface area contributed by atoms with Gasteiger partial charge in [0, 0.05) is 21.6 Å². The Hall–Kier alpha value is -1.91. The number of fused-ring (bicyclic) bond motifs is 2. The van der Waals surface area contributed by atoms with Gasteiger partial charge in [0.05, 0.1) is 11.4 Å². The summed E-state index contributed by atoms with van der Waals surface area (Å²) in [6.45, 7) is 3.03. The van der Waals surface area contributed by atoms with E-state index in [2.05, 4.69) is 67.6 Å². The molecule has 1 heterocycles. The SMILES string of the molecule is C[C@H]1CCN(C(=O)CSc2ccc3ccccc3c2)c2ccccc2S1. The van der Waals surface area contributed by atoms with Crippen molar-refractivity contribution >= 4 is 45.9 Å². The van der Waals surface area contributed by atoms with Gasteiger partial charge >= 0.3 is 0 Å². The molecule has 0 radical (unpaired) electrons. The molecule has 0 spiro atoms. The number of rotatable bonds is 3. The minimum atomic E-state index is 0.185. The summed E-state index contributed by atoms with van der Waals surface area (Å²) in [5, 5.41) is 2.98. The molecule has 0 aliphatic carbocycles. The molecule has 4 rings (SSSR count). The highest BCUT2D eigenvalue weighted by molar-refractivity contribution is 8.00. The van der Waals surface area contributed by atoms with Crippen LogP contribution in [0.2, 0.25) is 0 Å². The Kier molecular flexibility index (Phi) is 5.23. The second kappa shape index (κ2) is 7.77. The number of nitrogens with zero attached hydrogens (tertiary/aromatic N) is 1. The van der Waals surface area contributed by atoms with Crippen molar-refractivity contribution in [2.24, 2.45) is 0 Å². The van der Waals surface area contributed by atoms with Gasteiger partial charge in [-0.25, -0.2) is 0 Å². The highest BCUT2D eigenvalue weighted by Gasteiger charge is 2.23. The number of carbonyl (C=O) groups is 1. The van der Waals surface area contributed by atoms with E-state index >= 15 is 0 Å². The Labute approximate surface area is 163 Å². The molecule has 0 unspecified atom stereocenters. The van der Waals surface area contributed by atoms with Crippen LogP contribution in [-0.4, -0.2) is 23.5 Å². The van der Waals surface area contributed by atoms with E-state index < -0.39 is 0 Å². The lowest BCUT2D eigenvalue weighted by atomic mass is 10.1. The summed E-state index contributed by atoms with van der Waals surface area (Å²) >= 11 is 3.49. The van der Waals surface area contributed by atoms with Gasteiger partial charge in [-0.1, -0.05) is 49.4 Å². The topological polar surface area (TPSA) is 20.3 Å². The molecule has 2 nitrogen and oxygen atoms in total. The fourth-order valence-corrected chi connectivity index (χ4v) is 5.16. The monoisotopic (exact) mass is 379 g/mol. The number of para-hydroxylation sites is 1. The van der Waals surface area contributed by atoms with Crippen molar-refractivity contribution in [3.8, 4) is 0 Å². The van der Waals surface area contributed by atoms with Crippen LogP contribution < -0.4 is 4.90 Å². The minimum Gasteiger partial charge on any atom is -0.311 e. The number of carbonyl (C=O) groups excluding carboxylic acids is 1. The molecule has 1 aliphatic heterocycles. The molecule has 0 aromatic heterocycles. The molecule has 1 atom stereocenters. The maximum absolute atomic E-state index is 13.0. The molecule has 0 N–H and O–H groups in total. The standard InChI is InChI=1S/C22H21NOS2/c1-16-12-13-23(20-8-4-5-9-21(20)26-16)22(24)15-25-19-11-10-17-6-2-3-7-18(17)14-19/h2-11,14,16H,12-13,15H2,1H3/t16-/m0/s1. The van der Waals surface area contributed by atoms with Crippen molar-refractivity contribution in [3.05, 3.63) is 66.7 Å². The molecule has 0 fully saturated rings. The summed E-state index contributed by atoms with van der Waals surface area (Å²) in [4.78, 5) is 17.3. The Morgan fingerprint density at radius 3 is 2.73 bits per heavy atom. The summed E-state index contributed by atoms with van der Waals surface area (Å²) in [5.74, 6) is 0.649. The number of hydrogen-bond donors (Lipinski definition) is 0. The highest BCUT2D eigenvalue weighted by Crippen LogP contribution is 2.37. The molecule has 0 saturated heterocycles. The van der Waals surface area contributed by atoms with Crippen molar-refractivity contribution in [1.82, 2.24) is 0 Å². The first-order valence-corrected chi connectivity index (χ1v) is 10.7. The van der Waals surface area contributed by atoms with Crippen LogP contribution in [0.3, 0.4) is 0 Å². The van der Waals surface area contributed by atoms with Crippen LogP contribution in [-0.2, 0) is 4.79 Å². The lowest BCUT2D eigenvalue weighted by Gasteiger charge is -2.22. The average Bonchev–Trinajstić information content (AvgIpc) is 2.84. The molecule has 0 saturated carbocycles. The number of hydrogen-bond acceptors (Lipinski definition) is 3. The van der Waals surface area contributed by atoms with Crippen molar-refractivity contribution in [3.63, 3.8) is 0 Å². The van der Waals surface area contributed by atoms with Crippen LogP contribution in [0.1, 0.15) is 13.3 Å². The number of benzene rings is 3. The van der Waals surface area contributed by atoms with Crippen LogP contribution in [0.4, 0.5) is 5.69 Å². The normalized spacial score (nSPS) is 17.0. The van der Waals surface area contributed by atoms with Gasteiger partial charge in [-0.15, -0.1) is 23.5 Å². The molecule has 26 heavy (non-hydrogen) atoms. The molecular weight excluding hydrogens is 358 g/mol. The Morgan fingerprint density at radius 1 is 1.08 bits per heavy atom. The largest absolute Gasteiger partial charge is 0.311 e. The second-order valence-electron chi connectivity index (χ2n) is 6.53. The maximum Gasteiger partial charge on any atom is 0.237 e. The number of amides is 1. The molecular formula is C22H21NOS2. The Morgan fingerprint density at radius 2 is 1.85 bits per heavy atom. The predicted molar refractivity (Wildman–Crippen MR) is 113 cm³/mol. The third-order valence-electron chi connectivity index (χ3n) is 4.63. The summed E-state index contributed by atoms with van der Waals surface area (Å²) in [6, 6.07) is 23.0. The fraction of sp³-hybridized carbons (Fsp3) is 0.227. The number of anilines is 1. The third-order valence-corrected chi connectivity index (χ3v) is 6.84. The molecule has 0 bridgehead atoms. The molecule has 3 aromatic carbocycles. The van der Waals surface area contributed by atoms with Crippen molar-refractivity contribution in [2.45, 2.75) is 28.4 Å². The van der Waals surface area contributed by atoms with Gasteiger partial charge in [-0.05, 0) is 41.5 Å². The molecule has 4 heteroatoms. The molecule has 1 aliphatic rings. The van der Waals surface area contributed by atoms with Gasteiger partial charge in [-0.3, -0.25) is 4.79 Å². The van der Waals surface area contributed by atoms with Crippen LogP contribution >= 0.6 is 23.5 Å². The summed E-state index contributed by atoms with van der Waals surface area (Å²) in [7, 11) is 0. The zero-order chi connectivity index (χ0) is 17.9. The lowest BCUT2D eigenvalue weighted by Crippen LogP contribution is -2.33. The quantitative estimate of drug-likeness (QED) is 0.533. The van der Waals surface area contributed by atoms with Crippen LogP contribution in [0.5, 0.6) is 0 Å². The van der Waals surface area contributed by atoms with Crippen LogP contribution in [0.25, 0.3) is 10.8 Å². The Balaban J connectivity index is 1.50. The fourth-order valence-electron chi connectivity index (χ4n) is 3.23. The van der Waals surface area contributed by atoms with Gasteiger partial charge in [0.25, 0.3) is 0 Å². The van der Waals surface area contributed by atoms with Gasteiger partial charge in [0.2, 0.25) is 5.91 Å². The van der Waals surface area contributed by atoms with E-state index in [1.54, 1.807) is 11.8 Å². The maximum atomic E-state index is 13.0. The van der Waals surface area contributed by atoms with E-state index in [4.69, 9.17) is 0 Å². The minimum absolute atomic E-state index is 0.185. The van der Waals surface area contributed by atoms with E-state index in [0.717, 1.165) is 23.5 Å². The average molecular weight is 380 g/mol. The zero-order valence-corrected chi connectivity index (χ0v) is 16.4. The van der Waals surface area contributed by atoms with Crippen LogP contribution in [0, 0.1) is 0 Å². The van der Waals surface area contributed by atoms with Gasteiger partial charge < -0.3 is 4.90 Å². The lowest BCUT2D eigenvalue weighted by molar-refractivity contribution is -0.116. The third kappa shape index (κ3) is 3.76. The van der Waals surface area contributed by atoms with E-state index in [1.807, 2.05) is 22.7 Å². The Bertz CT molecular complexity index is 940. The summed E-state index contributed by atoms with van der Waals surface area (Å²) in [6.07, 6.45) is 1.02. The molecule has 3 aromatic rings. The summed E-state index contributed by atoms with van der Waals surface area (Å²) < 4.78 is 0. The van der Waals surface area contributed by atoms with Crippen molar-refractivity contribution in [1.29, 1.82) is 0 Å². The predicted octanol–water partition coefficient (Wildman–Crippen LogP) is 5.85. The molecule has 1 amide bonds. The van der Waals surface area contributed by atoms with Crippen molar-refractivity contribution in [2.75, 3.05) is 17.2 Å². The van der Waals surface area contributed by atoms with E-state index in [1.165, 1.54) is 15.7 Å². The first kappa shape index (κ1) is 17.5. The smallest absolute Gasteiger partial charge is 0.237 e. The zero-order valence-electron chi connectivity index (χ0n) is 14.7. The highest BCUT2D eigenvalue weighted by atomic mass is 32.2. The van der Waals surface area contributed by atoms with Crippen LogP contribution in [0.15, 0.2) is 76.5 Å². The first-order valence-electron chi connectivity index (χ1n) is 8.88. The summed E-state index contributed by atoms with van der Waals surface area (Å²) in [5.41, 5.74) is 1.06. The first-order chi connectivity index (χ1) is 12.7. The van der Waals surface area contributed by atoms with E-state index in [9.17, 15) is 4.79 Å². The van der Waals surface area contributed by atoms with Gasteiger partial charge in [0.1, 0.15) is 0 Å². The van der Waals surface area contributed by atoms with E-state index in [0.29, 0.717) is 11.0 Å². The molecule has 132 valence electrons. The van der Waals surface area contributed by atoms with Gasteiger partial charge in [-0.2, -0.15) is 0 Å². The van der Waals surface area contributed by atoms with Gasteiger partial charge in [0.15, 0.2) is 0 Å².